The van der Waals surface area contributed by atoms with Gasteiger partial charge in [-0.25, -0.2) is 115 Å². The minimum atomic E-state index is -2.57. The summed E-state index contributed by atoms with van der Waals surface area (Å²) < 4.78 is 350. The van der Waals surface area contributed by atoms with E-state index < -0.39 is 212 Å². The molecule has 0 aliphatic heterocycles. The van der Waals surface area contributed by atoms with Gasteiger partial charge in [-0.3, -0.25) is 4.70 Å². The molecule has 362 valence electrons. The van der Waals surface area contributed by atoms with Gasteiger partial charge in [0, 0.05) is 5.56 Å². The van der Waals surface area contributed by atoms with E-state index in [9.17, 15) is 119 Å². The number of rotatable bonds is 1. The molecular formula is C37HB4F28N. The number of nitrogens with zero attached hydrogens (tertiary/aromatic N) is 1. The number of hydrogen-bond acceptors (Lipinski definition) is 1. The smallest absolute Gasteiger partial charge is 0.252 e. The van der Waals surface area contributed by atoms with E-state index in [1.54, 1.807) is 0 Å². The van der Waals surface area contributed by atoms with Crippen LogP contribution < -0.4 is 21.9 Å². The van der Waals surface area contributed by atoms with Crippen LogP contribution in [0.3, 0.4) is 0 Å². The van der Waals surface area contributed by atoms with Gasteiger partial charge < -0.3 is 0 Å². The van der Waals surface area contributed by atoms with Gasteiger partial charge in [0.25, 0.3) is 5.95 Å². The van der Waals surface area contributed by atoms with Crippen LogP contribution in [0.15, 0.2) is 0 Å². The Kier molecular flexibility index (Phi) is 17.4. The van der Waals surface area contributed by atoms with Gasteiger partial charge >= 0.3 is 0 Å². The minimum absolute atomic E-state index is 0. The van der Waals surface area contributed by atoms with E-state index in [1.807, 2.05) is 0 Å². The van der Waals surface area contributed by atoms with Crippen molar-refractivity contribution in [3.8, 4) is 11.1 Å². The summed E-state index contributed by atoms with van der Waals surface area (Å²) in [4.78, 5) is 2.66. The van der Waals surface area contributed by atoms with Crippen molar-refractivity contribution < 1.29 is 123 Å². The Morgan fingerprint density at radius 1 is 0.200 bits per heavy atom. The summed E-state index contributed by atoms with van der Waals surface area (Å²) >= 11 is 0. The first-order chi connectivity index (χ1) is 31.7. The molecule has 0 aliphatic carbocycles. The molecule has 7 aromatic rings. The lowest BCUT2D eigenvalue weighted by Gasteiger charge is -2.14. The van der Waals surface area contributed by atoms with Crippen molar-refractivity contribution >= 4 is 74.9 Å². The molecule has 33 heteroatoms. The van der Waals surface area contributed by atoms with Crippen molar-refractivity contribution in [2.24, 2.45) is 0 Å². The van der Waals surface area contributed by atoms with Gasteiger partial charge in [0.1, 0.15) is 48.5 Å². The largest absolute Gasteiger partial charge is 0.269 e. The Bertz CT molecular complexity index is 2960. The SMILES string of the molecule is F.[B]c1c(F)c(F)c(F)c(F)c1-c1c(F)c(F)c(F)c(F)c1F.[B]c1c(F)c(F)c(F)c(F)c1F.[B]c1c(F)c(F)c2c(F)c(F)c(F)c(F)c2c1F.[B]c1c(F)c(F)c2c(F)c(F)c(F)nc2c1F. The van der Waals surface area contributed by atoms with E-state index in [2.05, 4.69) is 12.8 Å². The zero-order valence-corrected chi connectivity index (χ0v) is 31.9. The molecule has 0 atom stereocenters. The van der Waals surface area contributed by atoms with Gasteiger partial charge in [0.2, 0.25) is 11.6 Å². The lowest BCUT2D eigenvalue weighted by molar-refractivity contribution is 0.379. The second kappa shape index (κ2) is 21.1. The predicted octanol–water partition coefficient (Wildman–Crippen LogP) is 9.20. The van der Waals surface area contributed by atoms with Crippen LogP contribution in [-0.4, -0.2) is 36.4 Å². The van der Waals surface area contributed by atoms with E-state index in [0.29, 0.717) is 0 Å². The fourth-order valence-electron chi connectivity index (χ4n) is 5.16. The quantitative estimate of drug-likeness (QED) is 0.0526. The van der Waals surface area contributed by atoms with Gasteiger partial charge in [-0.1, -0.05) is 0 Å². The molecule has 1 nitrogen and oxygen atoms in total. The van der Waals surface area contributed by atoms with Crippen LogP contribution >= 0.6 is 0 Å². The molecule has 0 saturated carbocycles. The second-order valence-electron chi connectivity index (χ2n) is 12.4. The maximum atomic E-state index is 13.6. The second-order valence-corrected chi connectivity index (χ2v) is 12.4. The summed E-state index contributed by atoms with van der Waals surface area (Å²) in [6.07, 6.45) is 0. The normalized spacial score (nSPS) is 10.9. The number of halogens is 28. The molecule has 0 amide bonds. The van der Waals surface area contributed by atoms with E-state index in [4.69, 9.17) is 23.5 Å². The van der Waals surface area contributed by atoms with Crippen molar-refractivity contribution in [3.63, 3.8) is 0 Å². The molecule has 1 heterocycles. The average Bonchev–Trinajstić information content (AvgIpc) is 3.32. The highest BCUT2D eigenvalue weighted by molar-refractivity contribution is 6.36. The molecule has 0 N–H and O–H groups in total. The molecule has 7 rings (SSSR count). The first-order valence-electron chi connectivity index (χ1n) is 16.5. The summed E-state index contributed by atoms with van der Waals surface area (Å²) in [7, 11) is 19.0. The van der Waals surface area contributed by atoms with Gasteiger partial charge in [-0.15, -0.1) is 0 Å². The van der Waals surface area contributed by atoms with E-state index in [0.717, 1.165) is 0 Å². The van der Waals surface area contributed by atoms with Crippen LogP contribution in [0.4, 0.5) is 123 Å². The highest BCUT2D eigenvalue weighted by Gasteiger charge is 2.33. The zero-order chi connectivity index (χ0) is 53.1. The first-order valence-corrected chi connectivity index (χ1v) is 16.5. The lowest BCUT2D eigenvalue weighted by atomic mass is 9.85. The first kappa shape index (κ1) is 57.6. The van der Waals surface area contributed by atoms with Crippen LogP contribution in [0.2, 0.25) is 0 Å². The van der Waals surface area contributed by atoms with Gasteiger partial charge in [-0.05, 0) is 21.9 Å². The van der Waals surface area contributed by atoms with Crippen molar-refractivity contribution in [2.75, 3.05) is 0 Å². The maximum absolute atomic E-state index is 13.6. The van der Waals surface area contributed by atoms with Gasteiger partial charge in [-0.2, -0.15) is 8.78 Å². The number of hydrogen-bond donors (Lipinski definition) is 0. The van der Waals surface area contributed by atoms with Crippen molar-refractivity contribution in [1.82, 2.24) is 4.98 Å². The summed E-state index contributed by atoms with van der Waals surface area (Å²) in [5, 5.41) is -4.67. The number of pyridine rings is 1. The highest BCUT2D eigenvalue weighted by Crippen LogP contribution is 2.35. The molecule has 8 radical (unpaired) electrons. The molecule has 0 spiro atoms. The fourth-order valence-corrected chi connectivity index (χ4v) is 5.16. The molecule has 0 bridgehead atoms. The summed E-state index contributed by atoms with van der Waals surface area (Å²) in [6, 6.07) is 0. The standard InChI is InChI=1S/C12BF9.C10BF7.C9BF6N.C6BF5.FH/c13-3-1(4(14)8(18)11(21)7(3)17)2-5(15)9(19)12(22)10(20)6(2)16;11-3-4(12)1-2(5(13)8(3)16)7(15)10(18)9(17)6(1)14;10-2-5(13)3(11)1-4(12)7(15)9(16)17-8(1)6(2)14;7-1-2(8)4(10)6(12)5(11)3(1)9;/h;;;;1H. The zero-order valence-electron chi connectivity index (χ0n) is 31.9. The third-order valence-corrected chi connectivity index (χ3v) is 8.51. The van der Waals surface area contributed by atoms with Crippen LogP contribution in [0.25, 0.3) is 32.8 Å². The Morgan fingerprint density at radius 2 is 0.429 bits per heavy atom. The van der Waals surface area contributed by atoms with Crippen molar-refractivity contribution in [1.29, 1.82) is 0 Å². The summed E-state index contributed by atoms with van der Waals surface area (Å²) in [6.45, 7) is 0. The predicted molar refractivity (Wildman–Crippen MR) is 187 cm³/mol. The Hall–Kier alpha value is -6.71. The van der Waals surface area contributed by atoms with Gasteiger partial charge in [0.15, 0.2) is 128 Å². The number of fused-ring (bicyclic) bond motifs is 2. The Balaban J connectivity index is 0.000000250. The van der Waals surface area contributed by atoms with Gasteiger partial charge in [0.05, 0.1) is 21.7 Å². The summed E-state index contributed by atoms with van der Waals surface area (Å²) in [5.74, 6) is -59.3. The van der Waals surface area contributed by atoms with Crippen molar-refractivity contribution in [2.45, 2.75) is 0 Å². The van der Waals surface area contributed by atoms with Crippen LogP contribution in [0.5, 0.6) is 0 Å². The molecule has 0 fully saturated rings. The molecule has 0 aliphatic rings. The third-order valence-electron chi connectivity index (χ3n) is 8.51. The van der Waals surface area contributed by atoms with Crippen LogP contribution in [0, 0.1) is 157 Å². The monoisotopic (exact) mass is 1040 g/mol. The van der Waals surface area contributed by atoms with E-state index in [-0.39, 0.29) is 4.70 Å². The molecular weight excluding hydrogens is 1030 g/mol. The number of aromatic nitrogens is 1. The van der Waals surface area contributed by atoms with E-state index in [1.165, 1.54) is 0 Å². The van der Waals surface area contributed by atoms with Crippen molar-refractivity contribution in [3.05, 3.63) is 157 Å². The number of benzene rings is 6. The Labute approximate surface area is 371 Å². The molecule has 0 unspecified atom stereocenters. The third kappa shape index (κ3) is 9.48. The van der Waals surface area contributed by atoms with E-state index >= 15 is 0 Å². The lowest BCUT2D eigenvalue weighted by Crippen LogP contribution is -2.21. The highest BCUT2D eigenvalue weighted by atomic mass is 19.2. The minimum Gasteiger partial charge on any atom is -0.269 e. The summed E-state index contributed by atoms with van der Waals surface area (Å²) in [5.41, 5.74) is -10.8. The molecule has 70 heavy (non-hydrogen) atoms. The molecule has 1 aromatic heterocycles. The topological polar surface area (TPSA) is 12.9 Å². The fraction of sp³-hybridized carbons (Fsp3) is 0. The van der Waals surface area contributed by atoms with Crippen LogP contribution in [0.1, 0.15) is 0 Å². The molecule has 6 aromatic carbocycles. The average molecular weight is 1030 g/mol. The molecule has 0 saturated heterocycles. The van der Waals surface area contributed by atoms with Crippen LogP contribution in [-0.2, 0) is 0 Å². The Morgan fingerprint density at radius 3 is 0.829 bits per heavy atom. The maximum Gasteiger partial charge on any atom is 0.252 e.